The number of benzene rings is 1. The third-order valence-corrected chi connectivity index (χ3v) is 5.92. The Kier molecular flexibility index (Phi) is 3.43. The van der Waals surface area contributed by atoms with E-state index in [1.807, 2.05) is 17.5 Å². The molecule has 2 nitrogen and oxygen atoms in total. The standard InChI is InChI=1S/C20H19FO2S/c1-19(2)11-16(22)15-10-20(23-17(15)12-19,18-4-3-9-24-18)13-5-7-14(21)8-6-13/h3-9H,10-12H2,1-2H3. The molecule has 2 aliphatic rings. The average Bonchev–Trinajstić information content (AvgIpc) is 3.14. The third kappa shape index (κ3) is 2.40. The minimum Gasteiger partial charge on any atom is -0.481 e. The average molecular weight is 342 g/mol. The lowest BCUT2D eigenvalue weighted by molar-refractivity contribution is -0.118. The Morgan fingerprint density at radius 3 is 2.50 bits per heavy atom. The summed E-state index contributed by atoms with van der Waals surface area (Å²) in [6, 6.07) is 10.5. The summed E-state index contributed by atoms with van der Waals surface area (Å²) in [5, 5.41) is 2.01. The maximum absolute atomic E-state index is 13.4. The molecule has 1 unspecified atom stereocenters. The molecule has 1 aromatic carbocycles. The Labute approximate surface area is 145 Å². The summed E-state index contributed by atoms with van der Waals surface area (Å²) >= 11 is 1.61. The molecule has 0 radical (unpaired) electrons. The fourth-order valence-electron chi connectivity index (χ4n) is 3.76. The van der Waals surface area contributed by atoms with Crippen LogP contribution in [0.25, 0.3) is 0 Å². The van der Waals surface area contributed by atoms with E-state index in [2.05, 4.69) is 13.8 Å². The quantitative estimate of drug-likeness (QED) is 0.750. The third-order valence-electron chi connectivity index (χ3n) is 4.90. The molecule has 0 spiro atoms. The zero-order chi connectivity index (χ0) is 16.9. The van der Waals surface area contributed by atoms with Gasteiger partial charge in [0.15, 0.2) is 11.4 Å². The fraction of sp³-hybridized carbons (Fsp3) is 0.350. The van der Waals surface area contributed by atoms with Crippen LogP contribution >= 0.6 is 11.3 Å². The molecule has 1 aromatic heterocycles. The number of thiophene rings is 1. The van der Waals surface area contributed by atoms with E-state index < -0.39 is 5.60 Å². The van der Waals surface area contributed by atoms with Gasteiger partial charge in [-0.25, -0.2) is 4.39 Å². The number of allylic oxidation sites excluding steroid dienone is 1. The number of rotatable bonds is 2. The van der Waals surface area contributed by atoms with Crippen LogP contribution in [0.3, 0.4) is 0 Å². The second kappa shape index (κ2) is 5.28. The van der Waals surface area contributed by atoms with E-state index in [0.717, 1.165) is 28.2 Å². The predicted octanol–water partition coefficient (Wildman–Crippen LogP) is 5.19. The van der Waals surface area contributed by atoms with Gasteiger partial charge < -0.3 is 4.74 Å². The van der Waals surface area contributed by atoms with Gasteiger partial charge in [-0.05, 0) is 29.0 Å². The molecule has 0 N–H and O–H groups in total. The van der Waals surface area contributed by atoms with Crippen molar-refractivity contribution < 1.29 is 13.9 Å². The van der Waals surface area contributed by atoms with Gasteiger partial charge in [-0.1, -0.05) is 32.0 Å². The SMILES string of the molecule is CC1(C)CC(=O)C2=C(C1)OC(c1ccc(F)cc1)(c1cccs1)C2. The molecule has 2 aromatic rings. The summed E-state index contributed by atoms with van der Waals surface area (Å²) in [5.74, 6) is 0.726. The van der Waals surface area contributed by atoms with Crippen molar-refractivity contribution >= 4 is 17.1 Å². The summed E-state index contributed by atoms with van der Waals surface area (Å²) in [5.41, 5.74) is 0.922. The summed E-state index contributed by atoms with van der Waals surface area (Å²) in [6.45, 7) is 4.20. The molecule has 0 saturated carbocycles. The lowest BCUT2D eigenvalue weighted by Crippen LogP contribution is -2.26. The van der Waals surface area contributed by atoms with E-state index >= 15 is 0 Å². The Hall–Kier alpha value is -1.94. The van der Waals surface area contributed by atoms with Crippen molar-refractivity contribution in [2.45, 2.75) is 38.7 Å². The van der Waals surface area contributed by atoms with E-state index in [1.165, 1.54) is 12.1 Å². The lowest BCUT2D eigenvalue weighted by Gasteiger charge is -2.31. The molecule has 4 rings (SSSR count). The summed E-state index contributed by atoms with van der Waals surface area (Å²) in [4.78, 5) is 13.7. The van der Waals surface area contributed by atoms with Crippen LogP contribution in [0.2, 0.25) is 0 Å². The molecule has 0 bridgehead atoms. The van der Waals surface area contributed by atoms with Crippen LogP contribution in [0.15, 0.2) is 53.1 Å². The molecular weight excluding hydrogens is 323 g/mol. The van der Waals surface area contributed by atoms with Crippen LogP contribution in [0.5, 0.6) is 0 Å². The van der Waals surface area contributed by atoms with Gasteiger partial charge in [0.25, 0.3) is 0 Å². The second-order valence-electron chi connectivity index (χ2n) is 7.43. The van der Waals surface area contributed by atoms with Crippen molar-refractivity contribution in [3.63, 3.8) is 0 Å². The smallest absolute Gasteiger partial charge is 0.172 e. The van der Waals surface area contributed by atoms with Crippen LogP contribution in [0, 0.1) is 11.2 Å². The Morgan fingerprint density at radius 2 is 1.83 bits per heavy atom. The van der Waals surface area contributed by atoms with Crippen LogP contribution in [-0.4, -0.2) is 5.78 Å². The van der Waals surface area contributed by atoms with Gasteiger partial charge in [-0.2, -0.15) is 0 Å². The topological polar surface area (TPSA) is 26.3 Å². The molecule has 4 heteroatoms. The predicted molar refractivity (Wildman–Crippen MR) is 92.2 cm³/mol. The van der Waals surface area contributed by atoms with Gasteiger partial charge in [0.2, 0.25) is 0 Å². The number of Topliss-reactive ketones (excluding diaryl/α,β-unsaturated/α-hetero) is 1. The van der Waals surface area contributed by atoms with Crippen molar-refractivity contribution in [3.05, 3.63) is 69.4 Å². The van der Waals surface area contributed by atoms with Gasteiger partial charge in [0.1, 0.15) is 11.6 Å². The molecule has 1 aliphatic heterocycles. The molecule has 24 heavy (non-hydrogen) atoms. The molecule has 0 saturated heterocycles. The highest BCUT2D eigenvalue weighted by atomic mass is 32.1. The number of hydrogen-bond acceptors (Lipinski definition) is 3. The number of halogens is 1. The first-order valence-corrected chi connectivity index (χ1v) is 9.02. The fourth-order valence-corrected chi connectivity index (χ4v) is 4.64. The van der Waals surface area contributed by atoms with E-state index in [9.17, 15) is 9.18 Å². The Balaban J connectivity index is 1.81. The summed E-state index contributed by atoms with van der Waals surface area (Å²) < 4.78 is 19.9. The lowest BCUT2D eigenvalue weighted by atomic mass is 9.75. The van der Waals surface area contributed by atoms with Gasteiger partial charge in [0, 0.05) is 30.4 Å². The molecule has 1 atom stereocenters. The first kappa shape index (κ1) is 15.6. The first-order valence-electron chi connectivity index (χ1n) is 8.14. The largest absolute Gasteiger partial charge is 0.481 e. The van der Waals surface area contributed by atoms with E-state index in [0.29, 0.717) is 12.8 Å². The normalized spacial score (nSPS) is 25.5. The molecule has 0 fully saturated rings. The minimum absolute atomic E-state index is 0.0791. The van der Waals surface area contributed by atoms with Crippen molar-refractivity contribution in [1.82, 2.24) is 0 Å². The number of carbonyl (C=O) groups excluding carboxylic acids is 1. The van der Waals surface area contributed by atoms with Crippen molar-refractivity contribution in [1.29, 1.82) is 0 Å². The molecule has 1 aliphatic carbocycles. The monoisotopic (exact) mass is 342 g/mol. The van der Waals surface area contributed by atoms with Crippen LogP contribution < -0.4 is 0 Å². The first-order chi connectivity index (χ1) is 11.4. The molecule has 124 valence electrons. The van der Waals surface area contributed by atoms with Gasteiger partial charge in [0.05, 0.1) is 4.88 Å². The van der Waals surface area contributed by atoms with Crippen molar-refractivity contribution in [2.75, 3.05) is 0 Å². The summed E-state index contributed by atoms with van der Waals surface area (Å²) in [7, 11) is 0. The molecule has 0 amide bonds. The van der Waals surface area contributed by atoms with Crippen molar-refractivity contribution in [3.8, 4) is 0 Å². The maximum atomic E-state index is 13.4. The molecular formula is C20H19FO2S. The zero-order valence-electron chi connectivity index (χ0n) is 13.8. The highest BCUT2D eigenvalue weighted by Gasteiger charge is 2.49. The Morgan fingerprint density at radius 1 is 1.08 bits per heavy atom. The van der Waals surface area contributed by atoms with E-state index in [1.54, 1.807) is 23.5 Å². The van der Waals surface area contributed by atoms with Crippen molar-refractivity contribution in [2.24, 2.45) is 5.41 Å². The highest BCUT2D eigenvalue weighted by molar-refractivity contribution is 7.10. The van der Waals surface area contributed by atoms with E-state index in [-0.39, 0.29) is 17.0 Å². The number of carbonyl (C=O) groups is 1. The number of ketones is 1. The van der Waals surface area contributed by atoms with Crippen LogP contribution in [-0.2, 0) is 15.1 Å². The minimum atomic E-state index is -0.706. The van der Waals surface area contributed by atoms with E-state index in [4.69, 9.17) is 4.74 Å². The Bertz CT molecular complexity index is 818. The van der Waals surface area contributed by atoms with Crippen LogP contribution in [0.4, 0.5) is 4.39 Å². The second-order valence-corrected chi connectivity index (χ2v) is 8.38. The van der Waals surface area contributed by atoms with Gasteiger partial charge >= 0.3 is 0 Å². The van der Waals surface area contributed by atoms with Gasteiger partial charge in [-0.3, -0.25) is 4.79 Å². The van der Waals surface area contributed by atoms with Gasteiger partial charge in [-0.15, -0.1) is 11.3 Å². The zero-order valence-corrected chi connectivity index (χ0v) is 14.6. The van der Waals surface area contributed by atoms with Crippen LogP contribution in [0.1, 0.15) is 43.6 Å². The maximum Gasteiger partial charge on any atom is 0.172 e. The number of hydrogen-bond donors (Lipinski definition) is 0. The highest BCUT2D eigenvalue weighted by Crippen LogP contribution is 2.53. The number of ether oxygens (including phenoxy) is 1. The molecule has 2 heterocycles. The summed E-state index contributed by atoms with van der Waals surface area (Å²) in [6.07, 6.45) is 1.85.